The lowest BCUT2D eigenvalue weighted by molar-refractivity contribution is -0.139. The van der Waals surface area contributed by atoms with Crippen LogP contribution in [0.4, 0.5) is 19.0 Å². The number of hydrazine groups is 1. The van der Waals surface area contributed by atoms with Gasteiger partial charge in [0.1, 0.15) is 5.82 Å². The maximum atomic E-state index is 13.3. The number of hydrogen-bond donors (Lipinski definition) is 5. The number of nitrogen functional groups attached to an aromatic ring is 1. The molecule has 9 N–H and O–H groups in total. The second kappa shape index (κ2) is 7.17. The number of nitrogens with zero attached hydrogens (tertiary/aromatic N) is 2. The Kier molecular flexibility index (Phi) is 5.40. The maximum Gasteiger partial charge on any atom is 0.417 e. The van der Waals surface area contributed by atoms with Crippen LogP contribution in [0.25, 0.3) is 11.1 Å². The van der Waals surface area contributed by atoms with Gasteiger partial charge in [-0.1, -0.05) is 6.07 Å². The molecule has 0 atom stereocenters. The minimum absolute atomic E-state index is 0.00921. The fraction of sp³-hybridized carbons (Fsp3) is 0.143. The van der Waals surface area contributed by atoms with E-state index in [4.69, 9.17) is 22.4 Å². The molecule has 0 aliphatic rings. The molecule has 134 valence electrons. The van der Waals surface area contributed by atoms with E-state index in [-0.39, 0.29) is 22.1 Å². The normalized spacial score (nSPS) is 12.3. The Morgan fingerprint density at radius 1 is 1.20 bits per heavy atom. The molecule has 0 aliphatic heterocycles. The summed E-state index contributed by atoms with van der Waals surface area (Å²) in [5, 5.41) is 9.11. The van der Waals surface area contributed by atoms with Gasteiger partial charge in [-0.15, -0.1) is 5.10 Å². The summed E-state index contributed by atoms with van der Waals surface area (Å²) in [6.07, 6.45) is -4.61. The number of halogens is 3. The van der Waals surface area contributed by atoms with E-state index in [1.807, 2.05) is 5.53 Å². The first-order chi connectivity index (χ1) is 11.7. The number of rotatable bonds is 4. The molecule has 0 spiro atoms. The number of nitrogens with one attached hydrogen (secondary N) is 1. The average molecular weight is 371 g/mol. The maximum absolute atomic E-state index is 13.3. The number of aromatic nitrogens is 1. The van der Waals surface area contributed by atoms with Crippen LogP contribution in [0.3, 0.4) is 0 Å². The molecule has 0 amide bonds. The Hall–Kier alpha value is -2.50. The summed E-state index contributed by atoms with van der Waals surface area (Å²) in [7, 11) is 0. The van der Waals surface area contributed by atoms with Crippen molar-refractivity contribution >= 4 is 23.6 Å². The SMILES string of the molecule is Cc1nc(N)ccc1-c1ccc(C(F)(F)F)c(SN)c1/C(N)=N/NN. The molecule has 0 saturated carbocycles. The number of anilines is 1. The minimum atomic E-state index is -4.61. The molecule has 25 heavy (non-hydrogen) atoms. The van der Waals surface area contributed by atoms with Gasteiger partial charge in [-0.05, 0) is 42.6 Å². The molecule has 0 fully saturated rings. The lowest BCUT2D eigenvalue weighted by Crippen LogP contribution is -2.25. The van der Waals surface area contributed by atoms with Crippen LogP contribution in [0.15, 0.2) is 34.3 Å². The first kappa shape index (κ1) is 18.8. The van der Waals surface area contributed by atoms with Gasteiger partial charge in [0.15, 0.2) is 5.84 Å². The average Bonchev–Trinajstić information content (AvgIpc) is 2.52. The molecule has 0 aliphatic carbocycles. The number of benzene rings is 1. The first-order valence-electron chi connectivity index (χ1n) is 6.84. The summed E-state index contributed by atoms with van der Waals surface area (Å²) in [4.78, 5) is 3.85. The molecule has 1 aromatic carbocycles. The summed E-state index contributed by atoms with van der Waals surface area (Å²) in [5.74, 6) is 5.16. The summed E-state index contributed by atoms with van der Waals surface area (Å²) in [6, 6.07) is 5.40. The van der Waals surface area contributed by atoms with E-state index in [2.05, 4.69) is 10.1 Å². The van der Waals surface area contributed by atoms with Crippen LogP contribution in [0, 0.1) is 6.92 Å². The molecule has 1 heterocycles. The third-order valence-corrected chi connectivity index (χ3v) is 4.08. The quantitative estimate of drug-likeness (QED) is 0.181. The minimum Gasteiger partial charge on any atom is -0.384 e. The number of amidine groups is 1. The fourth-order valence-corrected chi connectivity index (χ4v) is 3.04. The Balaban J connectivity index is 2.87. The number of nitrogens with two attached hydrogens (primary N) is 4. The Morgan fingerprint density at radius 2 is 1.84 bits per heavy atom. The van der Waals surface area contributed by atoms with Crippen molar-refractivity contribution in [1.29, 1.82) is 0 Å². The summed E-state index contributed by atoms with van der Waals surface area (Å²) in [6.45, 7) is 1.68. The number of alkyl halides is 3. The molecule has 2 aromatic rings. The van der Waals surface area contributed by atoms with E-state index in [0.29, 0.717) is 28.8 Å². The van der Waals surface area contributed by atoms with Crippen LogP contribution >= 0.6 is 11.9 Å². The number of pyridine rings is 1. The van der Waals surface area contributed by atoms with Gasteiger partial charge in [0.05, 0.1) is 5.56 Å². The van der Waals surface area contributed by atoms with Crippen LogP contribution in [0.2, 0.25) is 0 Å². The van der Waals surface area contributed by atoms with Gasteiger partial charge in [0.2, 0.25) is 0 Å². The first-order valence-corrected chi connectivity index (χ1v) is 7.72. The van der Waals surface area contributed by atoms with Crippen LogP contribution in [-0.2, 0) is 6.18 Å². The largest absolute Gasteiger partial charge is 0.417 e. The Morgan fingerprint density at radius 3 is 2.36 bits per heavy atom. The van der Waals surface area contributed by atoms with Crippen molar-refractivity contribution in [2.24, 2.45) is 21.8 Å². The van der Waals surface area contributed by atoms with E-state index in [1.165, 1.54) is 12.1 Å². The highest BCUT2D eigenvalue weighted by Crippen LogP contribution is 2.41. The number of hydrazone groups is 1. The van der Waals surface area contributed by atoms with Gasteiger partial charge in [-0.25, -0.2) is 16.4 Å². The molecular weight excluding hydrogens is 355 g/mol. The smallest absolute Gasteiger partial charge is 0.384 e. The van der Waals surface area contributed by atoms with Gasteiger partial charge in [-0.2, -0.15) is 13.2 Å². The van der Waals surface area contributed by atoms with E-state index in [9.17, 15) is 13.2 Å². The molecule has 0 radical (unpaired) electrons. The molecular formula is C14H16F3N7S. The van der Waals surface area contributed by atoms with Crippen LogP contribution in [0.5, 0.6) is 0 Å². The zero-order chi connectivity index (χ0) is 18.8. The van der Waals surface area contributed by atoms with E-state index < -0.39 is 11.7 Å². The van der Waals surface area contributed by atoms with Crippen molar-refractivity contribution in [3.05, 3.63) is 41.1 Å². The summed E-state index contributed by atoms with van der Waals surface area (Å²) in [5.41, 5.74) is 14.0. The molecule has 0 saturated heterocycles. The predicted molar refractivity (Wildman–Crippen MR) is 91.9 cm³/mol. The number of aryl methyl sites for hydroxylation is 1. The van der Waals surface area contributed by atoms with Crippen molar-refractivity contribution in [1.82, 2.24) is 10.5 Å². The molecule has 11 heteroatoms. The second-order valence-electron chi connectivity index (χ2n) is 4.98. The predicted octanol–water partition coefficient (Wildman–Crippen LogP) is 1.71. The zero-order valence-electron chi connectivity index (χ0n) is 13.1. The summed E-state index contributed by atoms with van der Waals surface area (Å²) >= 11 is 0.426. The lowest BCUT2D eigenvalue weighted by atomic mass is 9.95. The van der Waals surface area contributed by atoms with Gasteiger partial charge >= 0.3 is 6.18 Å². The highest BCUT2D eigenvalue weighted by Gasteiger charge is 2.36. The molecule has 1 aromatic heterocycles. The van der Waals surface area contributed by atoms with Crippen molar-refractivity contribution in [2.75, 3.05) is 5.73 Å². The van der Waals surface area contributed by atoms with Crippen LogP contribution in [0.1, 0.15) is 16.8 Å². The van der Waals surface area contributed by atoms with E-state index >= 15 is 0 Å². The van der Waals surface area contributed by atoms with Gasteiger partial charge < -0.3 is 11.5 Å². The Labute approximate surface area is 145 Å². The fourth-order valence-electron chi connectivity index (χ4n) is 2.40. The molecule has 0 unspecified atom stereocenters. The molecule has 7 nitrogen and oxygen atoms in total. The highest BCUT2D eigenvalue weighted by atomic mass is 32.2. The third kappa shape index (κ3) is 3.78. The van der Waals surface area contributed by atoms with Crippen molar-refractivity contribution in [3.8, 4) is 11.1 Å². The second-order valence-corrected chi connectivity index (χ2v) is 5.62. The van der Waals surface area contributed by atoms with Crippen LogP contribution in [-0.4, -0.2) is 10.8 Å². The highest BCUT2D eigenvalue weighted by molar-refractivity contribution is 7.97. The monoisotopic (exact) mass is 371 g/mol. The molecule has 0 bridgehead atoms. The third-order valence-electron chi connectivity index (χ3n) is 3.42. The van der Waals surface area contributed by atoms with E-state index in [1.54, 1.807) is 13.0 Å². The van der Waals surface area contributed by atoms with Gasteiger partial charge in [0.25, 0.3) is 0 Å². The van der Waals surface area contributed by atoms with Crippen molar-refractivity contribution in [2.45, 2.75) is 18.0 Å². The standard InChI is InChI=1S/C14H16F3N7S/c1-6-7(3-5-10(18)22-6)8-2-4-9(14(15,16)17)12(25-21)11(8)13(19)23-24-20/h2-5,24H,20-21H2,1H3,(H2,18,22)(H2,19,23). The molecule has 2 rings (SSSR count). The van der Waals surface area contributed by atoms with E-state index in [0.717, 1.165) is 6.07 Å². The summed E-state index contributed by atoms with van der Waals surface area (Å²) < 4.78 is 39.9. The van der Waals surface area contributed by atoms with Gasteiger partial charge in [0, 0.05) is 21.7 Å². The topological polar surface area (TPSA) is 141 Å². The Bertz CT molecular complexity index is 821. The van der Waals surface area contributed by atoms with Crippen molar-refractivity contribution < 1.29 is 13.2 Å². The van der Waals surface area contributed by atoms with Crippen LogP contribution < -0.4 is 28.0 Å². The zero-order valence-corrected chi connectivity index (χ0v) is 13.9. The van der Waals surface area contributed by atoms with Crippen molar-refractivity contribution in [3.63, 3.8) is 0 Å². The number of hydrogen-bond acceptors (Lipinski definition) is 7. The van der Waals surface area contributed by atoms with Gasteiger partial charge in [-0.3, -0.25) is 5.14 Å². The lowest BCUT2D eigenvalue weighted by Gasteiger charge is -2.19.